The summed E-state index contributed by atoms with van der Waals surface area (Å²) >= 11 is 0. The second-order valence-electron chi connectivity index (χ2n) is 22.9. The smallest absolute Gasteiger partial charge is 0.408 e. The normalized spacial score (nSPS) is 37.5. The van der Waals surface area contributed by atoms with Crippen LogP contribution >= 0.6 is 0 Å². The third-order valence-electron chi connectivity index (χ3n) is 17.0. The van der Waals surface area contributed by atoms with E-state index in [1.165, 1.54) is 6.20 Å². The van der Waals surface area contributed by atoms with Crippen molar-refractivity contribution in [1.82, 2.24) is 25.1 Å². The first kappa shape index (κ1) is 62.0. The predicted molar refractivity (Wildman–Crippen MR) is 284 cm³/mol. The van der Waals surface area contributed by atoms with Crippen LogP contribution in [0.25, 0.3) is 11.0 Å². The number of carboxylic acid groups (broad SMARTS) is 1. The lowest BCUT2D eigenvalue weighted by molar-refractivity contribution is -0.322. The topological polar surface area (TPSA) is 254 Å². The second kappa shape index (κ2) is 26.0. The number of carboxylic acids is 1. The number of pyridine rings is 2. The molecule has 4 aliphatic heterocycles. The molecule has 1 amide bonds. The fourth-order valence-electron chi connectivity index (χ4n) is 12.4. The number of nitrogens with one attached hydrogen (secondary N) is 2. The van der Waals surface area contributed by atoms with Gasteiger partial charge in [0.15, 0.2) is 18.2 Å². The van der Waals surface area contributed by atoms with Gasteiger partial charge in [0.25, 0.3) is 0 Å². The molecule has 0 saturated carbocycles. The first-order chi connectivity index (χ1) is 36.3. The number of nitrogens with zero attached hydrogens (tertiary/aromatic N) is 3. The number of aliphatic hydroxyl groups is 1. The van der Waals surface area contributed by atoms with Gasteiger partial charge in [0.05, 0.1) is 53.0 Å². The molecule has 2 aromatic heterocycles. The van der Waals surface area contributed by atoms with Gasteiger partial charge in [-0.05, 0) is 126 Å². The molecule has 0 aromatic carbocycles. The molecule has 4 N–H and O–H groups in total. The van der Waals surface area contributed by atoms with E-state index in [1.807, 2.05) is 74.4 Å². The number of alkyl carbamates (subject to hydrolysis) is 1. The lowest BCUT2D eigenvalue weighted by Crippen LogP contribution is -2.61. The number of aromatic nitrogens is 2. The van der Waals surface area contributed by atoms with Gasteiger partial charge in [-0.25, -0.2) is 14.6 Å². The highest BCUT2D eigenvalue weighted by molar-refractivity contribution is 5.91. The van der Waals surface area contributed by atoms with Gasteiger partial charge in [0.1, 0.15) is 35.3 Å². The third kappa shape index (κ3) is 13.5. The molecule has 434 valence electrons. The molecule has 0 spiro atoms. The number of aryl methyl sites for hydroxylation is 2. The first-order valence-electron chi connectivity index (χ1n) is 27.7. The van der Waals surface area contributed by atoms with E-state index < -0.39 is 119 Å². The SMILES string of the molecule is CC[C@H]1OC(=O)[C@H](C)[C@@H](O[C@H]2C[C@@](C)(OC)[C@@H](OCCCNCCCc3cnc4c(c3)c(=O)c(C(=O)O)cn4CC)[C@H](C)O2)[C@H](C)[C@@H](O[C@@H]2O[C@H](C)C[C@H](N(C)C)[C@H]2O)[C@](C)(OC)C[C@@H](C)C(=O)C(C)[C@H]2NC(=O)O[C@@]21C. The van der Waals surface area contributed by atoms with Crippen molar-refractivity contribution >= 4 is 34.8 Å². The van der Waals surface area contributed by atoms with Crippen LogP contribution in [-0.2, 0) is 65.2 Å². The minimum Gasteiger partial charge on any atom is -0.477 e. The molecular weight excluding hydrogens is 999 g/mol. The van der Waals surface area contributed by atoms with Gasteiger partial charge in [-0.1, -0.05) is 27.7 Å². The maximum atomic E-state index is 14.8. The molecule has 77 heavy (non-hydrogen) atoms. The fraction of sp³-hybridized carbons (Fsp3) is 0.786. The largest absolute Gasteiger partial charge is 0.477 e. The zero-order chi connectivity index (χ0) is 56.9. The minimum atomic E-state index is -1.39. The summed E-state index contributed by atoms with van der Waals surface area (Å²) in [4.78, 5) is 73.5. The summed E-state index contributed by atoms with van der Waals surface area (Å²) in [7, 11) is 6.95. The van der Waals surface area contributed by atoms with E-state index in [9.17, 15) is 34.2 Å². The van der Waals surface area contributed by atoms with Gasteiger partial charge < -0.3 is 72.9 Å². The van der Waals surface area contributed by atoms with E-state index >= 15 is 0 Å². The molecule has 0 aliphatic carbocycles. The van der Waals surface area contributed by atoms with Gasteiger partial charge in [0, 0.05) is 70.0 Å². The van der Waals surface area contributed by atoms with Crippen molar-refractivity contribution in [3.8, 4) is 0 Å². The monoisotopic (exact) mass is 1090 g/mol. The molecule has 2 aromatic rings. The van der Waals surface area contributed by atoms with Crippen LogP contribution in [0.1, 0.15) is 131 Å². The summed E-state index contributed by atoms with van der Waals surface area (Å²) in [6.07, 6.45) is -1.77. The molecule has 1 unspecified atom stereocenters. The van der Waals surface area contributed by atoms with Crippen LogP contribution in [0.5, 0.6) is 0 Å². The number of ether oxygens (including phenoxy) is 9. The van der Waals surface area contributed by atoms with Crippen LogP contribution in [-0.4, -0.2) is 181 Å². The number of aromatic carboxylic acids is 1. The van der Waals surface area contributed by atoms with E-state index in [2.05, 4.69) is 15.6 Å². The van der Waals surface area contributed by atoms with Crippen molar-refractivity contribution in [2.45, 2.75) is 212 Å². The molecule has 6 rings (SSSR count). The highest BCUT2D eigenvalue weighted by Crippen LogP contribution is 2.43. The van der Waals surface area contributed by atoms with Crippen LogP contribution in [0.4, 0.5) is 4.79 Å². The van der Waals surface area contributed by atoms with Crippen LogP contribution in [0.15, 0.2) is 23.3 Å². The zero-order valence-corrected chi connectivity index (χ0v) is 48.1. The Morgan fingerprint density at radius 2 is 1.61 bits per heavy atom. The predicted octanol–water partition coefficient (Wildman–Crippen LogP) is 5.26. The quantitative estimate of drug-likeness (QED) is 0.103. The highest BCUT2D eigenvalue weighted by Gasteiger charge is 2.58. The number of rotatable bonds is 19. The van der Waals surface area contributed by atoms with E-state index in [1.54, 1.807) is 51.8 Å². The Morgan fingerprint density at radius 3 is 2.25 bits per heavy atom. The van der Waals surface area contributed by atoms with Crippen LogP contribution in [0.3, 0.4) is 0 Å². The number of methoxy groups -OCH3 is 2. The van der Waals surface area contributed by atoms with Crippen molar-refractivity contribution in [1.29, 1.82) is 0 Å². The number of hydrogen-bond acceptors (Lipinski definition) is 18. The van der Waals surface area contributed by atoms with Gasteiger partial charge in [0.2, 0.25) is 5.43 Å². The van der Waals surface area contributed by atoms with Gasteiger partial charge >= 0.3 is 18.0 Å². The Labute approximate surface area is 454 Å². The first-order valence-corrected chi connectivity index (χ1v) is 27.7. The standard InChI is InChI=1S/C56H89N5O16/c1-16-40-56(11)46(59-53(68)77-56)32(5)42(62)30(3)26-54(9,69-14)47(76-52-44(64)39(60(12)13)24-31(4)72-52)33(6)45(34(7)51(67)74-40)75-41-27-55(10,70-15)48(35(8)73-41)71-23-19-22-57-21-18-20-36-25-37-43(63)38(50(65)66)29-61(17-2)49(37)58-28-36/h25,28-35,39-41,44-48,52,57,64H,16-24,26-27H2,1-15H3,(H,59,68)(H,65,66)/t30-,31-,32?,33+,34-,35+,39+,40-,41+,44-,45+,46-,47-,48+,52+,54-,55-,56-/m1/s1. The van der Waals surface area contributed by atoms with Crippen LogP contribution in [0, 0.1) is 23.7 Å². The number of hydrogen-bond donors (Lipinski definition) is 4. The lowest BCUT2D eigenvalue weighted by atomic mass is 9.73. The molecule has 18 atom stereocenters. The summed E-state index contributed by atoms with van der Waals surface area (Å²) < 4.78 is 60.2. The molecule has 0 radical (unpaired) electrons. The van der Waals surface area contributed by atoms with Gasteiger partial charge in [-0.15, -0.1) is 0 Å². The number of carbonyl (C=O) groups excluding carboxylic acids is 3. The summed E-state index contributed by atoms with van der Waals surface area (Å²) in [5.74, 6) is -5.17. The van der Waals surface area contributed by atoms with Crippen molar-refractivity contribution in [3.05, 3.63) is 39.8 Å². The van der Waals surface area contributed by atoms with Crippen molar-refractivity contribution < 1.29 is 72.0 Å². The number of likely N-dealkylation sites (N-methyl/N-ethyl adjacent to an activating group) is 1. The molecule has 4 fully saturated rings. The van der Waals surface area contributed by atoms with Crippen molar-refractivity contribution in [2.24, 2.45) is 23.7 Å². The molecular formula is C56H89N5O16. The van der Waals surface area contributed by atoms with E-state index in [0.717, 1.165) is 12.0 Å². The number of esters is 1. The number of carbonyl (C=O) groups is 4. The van der Waals surface area contributed by atoms with Gasteiger partial charge in [-0.2, -0.15) is 0 Å². The molecule has 21 nitrogen and oxygen atoms in total. The zero-order valence-electron chi connectivity index (χ0n) is 48.1. The number of fused-ring (bicyclic) bond motifs is 2. The molecule has 6 heterocycles. The summed E-state index contributed by atoms with van der Waals surface area (Å²) in [6, 6.07) is 0.610. The number of Topliss-reactive ketones (excluding diaryl/α,β-unsaturated/α-hetero) is 1. The van der Waals surface area contributed by atoms with E-state index in [0.29, 0.717) is 56.5 Å². The summed E-state index contributed by atoms with van der Waals surface area (Å²) in [5.41, 5.74) is -3.08. The number of cyclic esters (lactones) is 1. The number of amides is 1. The Morgan fingerprint density at radius 1 is 0.935 bits per heavy atom. The Kier molecular flexibility index (Phi) is 20.9. The van der Waals surface area contributed by atoms with E-state index in [-0.39, 0.29) is 42.8 Å². The Hall–Kier alpha value is -4.16. The molecule has 4 aliphatic rings. The van der Waals surface area contributed by atoms with Crippen molar-refractivity contribution in [2.75, 3.05) is 48.0 Å². The Balaban J connectivity index is 1.19. The maximum Gasteiger partial charge on any atom is 0.408 e. The highest BCUT2D eigenvalue weighted by atomic mass is 16.7. The second-order valence-corrected chi connectivity index (χ2v) is 22.9. The van der Waals surface area contributed by atoms with E-state index in [4.69, 9.17) is 42.6 Å². The van der Waals surface area contributed by atoms with Crippen LogP contribution in [0.2, 0.25) is 0 Å². The maximum absolute atomic E-state index is 14.8. The van der Waals surface area contributed by atoms with Crippen molar-refractivity contribution in [3.63, 3.8) is 0 Å². The lowest BCUT2D eigenvalue weighted by Gasteiger charge is -2.50. The molecule has 0 bridgehead atoms. The number of aliphatic hydroxyl groups excluding tert-OH is 1. The minimum absolute atomic E-state index is 0.149. The van der Waals surface area contributed by atoms with Gasteiger partial charge in [-0.3, -0.25) is 14.4 Å². The Bertz CT molecular complexity index is 2420. The molecule has 4 saturated heterocycles. The number of ketones is 1. The fourth-order valence-corrected chi connectivity index (χ4v) is 12.4. The average Bonchev–Trinajstić information content (AvgIpc) is 3.74. The molecule has 21 heteroatoms. The summed E-state index contributed by atoms with van der Waals surface area (Å²) in [6.45, 7) is 22.4. The third-order valence-corrected chi connectivity index (χ3v) is 17.0. The van der Waals surface area contributed by atoms with Crippen LogP contribution < -0.4 is 16.1 Å². The average molecular weight is 1090 g/mol. The summed E-state index contributed by atoms with van der Waals surface area (Å²) in [5, 5.41) is 28.0.